The van der Waals surface area contributed by atoms with E-state index in [9.17, 15) is 9.59 Å². The molecule has 1 amide bonds. The molecule has 26 heavy (non-hydrogen) atoms. The number of aromatic nitrogens is 1. The van der Waals surface area contributed by atoms with Crippen LogP contribution >= 0.6 is 11.3 Å². The van der Waals surface area contributed by atoms with E-state index < -0.39 is 0 Å². The molecule has 0 saturated heterocycles. The minimum absolute atomic E-state index is 0.0133. The first-order chi connectivity index (χ1) is 12.6. The van der Waals surface area contributed by atoms with E-state index in [1.807, 2.05) is 24.3 Å². The van der Waals surface area contributed by atoms with Gasteiger partial charge in [-0.25, -0.2) is 0 Å². The van der Waals surface area contributed by atoms with Gasteiger partial charge in [0.05, 0.1) is 10.2 Å². The van der Waals surface area contributed by atoms with Crippen molar-refractivity contribution in [2.24, 2.45) is 7.05 Å². The van der Waals surface area contributed by atoms with Gasteiger partial charge < -0.3 is 14.6 Å². The maximum absolute atomic E-state index is 12.3. The quantitative estimate of drug-likeness (QED) is 0.767. The van der Waals surface area contributed by atoms with Gasteiger partial charge in [-0.1, -0.05) is 23.5 Å². The van der Waals surface area contributed by atoms with Crippen LogP contribution in [0.3, 0.4) is 0 Å². The van der Waals surface area contributed by atoms with E-state index in [1.54, 1.807) is 17.7 Å². The van der Waals surface area contributed by atoms with E-state index in [0.717, 1.165) is 28.8 Å². The fraction of sp³-hybridized carbons (Fsp3) is 0.300. The van der Waals surface area contributed by atoms with E-state index in [0.29, 0.717) is 5.69 Å². The number of fused-ring (bicyclic) bond motifs is 2. The van der Waals surface area contributed by atoms with E-state index >= 15 is 0 Å². The number of anilines is 1. The molecule has 3 aromatic rings. The number of benzene rings is 2. The van der Waals surface area contributed by atoms with Gasteiger partial charge in [0.25, 0.3) is 5.91 Å². The van der Waals surface area contributed by atoms with Crippen molar-refractivity contribution in [3.8, 4) is 5.75 Å². The lowest BCUT2D eigenvalue weighted by Gasteiger charge is -2.19. The third-order valence-corrected chi connectivity index (χ3v) is 5.78. The van der Waals surface area contributed by atoms with Crippen LogP contribution in [0, 0.1) is 0 Å². The Bertz CT molecular complexity index is 1040. The smallest absolute Gasteiger partial charge is 0.307 e. The van der Waals surface area contributed by atoms with Crippen LogP contribution in [0.5, 0.6) is 5.75 Å². The number of amides is 1. The number of carbonyl (C=O) groups is 1. The molecule has 0 radical (unpaired) electrons. The summed E-state index contributed by atoms with van der Waals surface area (Å²) in [5.41, 5.74) is 4.11. The van der Waals surface area contributed by atoms with Crippen LogP contribution in [0.15, 0.2) is 41.2 Å². The predicted octanol–water partition coefficient (Wildman–Crippen LogP) is 3.50. The van der Waals surface area contributed by atoms with Crippen molar-refractivity contribution >= 4 is 33.1 Å². The molecule has 1 N–H and O–H groups in total. The summed E-state index contributed by atoms with van der Waals surface area (Å²) in [6, 6.07) is 11.5. The van der Waals surface area contributed by atoms with Gasteiger partial charge in [0, 0.05) is 12.7 Å². The van der Waals surface area contributed by atoms with Gasteiger partial charge in [0.1, 0.15) is 5.75 Å². The van der Waals surface area contributed by atoms with Crippen LogP contribution in [-0.4, -0.2) is 17.1 Å². The lowest BCUT2D eigenvalue weighted by Crippen LogP contribution is -2.21. The topological polar surface area (TPSA) is 60.3 Å². The van der Waals surface area contributed by atoms with Crippen LogP contribution in [-0.2, 0) is 24.7 Å². The molecule has 0 saturated carbocycles. The van der Waals surface area contributed by atoms with Gasteiger partial charge in [0.2, 0.25) is 0 Å². The fourth-order valence-electron chi connectivity index (χ4n) is 3.43. The number of carbonyl (C=O) groups excluding carboxylic acids is 1. The normalized spacial score (nSPS) is 13.4. The Hall–Kier alpha value is -2.60. The number of ether oxygens (including phenoxy) is 1. The summed E-state index contributed by atoms with van der Waals surface area (Å²) < 4.78 is 8.24. The highest BCUT2D eigenvalue weighted by Gasteiger charge is 2.15. The van der Waals surface area contributed by atoms with Crippen LogP contribution in [0.4, 0.5) is 5.69 Å². The van der Waals surface area contributed by atoms with Gasteiger partial charge in [-0.2, -0.15) is 0 Å². The van der Waals surface area contributed by atoms with E-state index in [4.69, 9.17) is 4.74 Å². The molecule has 0 atom stereocenters. The Morgan fingerprint density at radius 1 is 1.23 bits per heavy atom. The highest BCUT2D eigenvalue weighted by Crippen LogP contribution is 2.29. The molecule has 4 rings (SSSR count). The van der Waals surface area contributed by atoms with Gasteiger partial charge in [-0.05, 0) is 61.1 Å². The molecule has 0 aliphatic heterocycles. The summed E-state index contributed by atoms with van der Waals surface area (Å²) in [6.45, 7) is -0.0283. The summed E-state index contributed by atoms with van der Waals surface area (Å²) in [5.74, 6) is 0.607. The molecule has 1 aromatic heterocycles. The van der Waals surface area contributed by atoms with Crippen molar-refractivity contribution in [2.45, 2.75) is 25.7 Å². The predicted molar refractivity (Wildman–Crippen MR) is 104 cm³/mol. The molecular weight excluding hydrogens is 348 g/mol. The second kappa shape index (κ2) is 6.96. The Morgan fingerprint density at radius 2 is 2.08 bits per heavy atom. The van der Waals surface area contributed by atoms with Gasteiger partial charge in [-0.3, -0.25) is 9.59 Å². The molecule has 2 aromatic carbocycles. The van der Waals surface area contributed by atoms with Crippen LogP contribution < -0.4 is 14.9 Å². The van der Waals surface area contributed by atoms with Crippen molar-refractivity contribution in [1.29, 1.82) is 0 Å². The highest BCUT2D eigenvalue weighted by atomic mass is 32.1. The number of hydrogen-bond donors (Lipinski definition) is 1. The summed E-state index contributed by atoms with van der Waals surface area (Å²) in [5, 5.41) is 2.84. The minimum Gasteiger partial charge on any atom is -0.483 e. The number of thiazole rings is 1. The number of aryl methyl sites for hydroxylation is 2. The molecule has 0 fully saturated rings. The van der Waals surface area contributed by atoms with Gasteiger partial charge >= 0.3 is 4.87 Å². The Balaban J connectivity index is 1.44. The first-order valence-corrected chi connectivity index (χ1v) is 9.56. The third-order valence-electron chi connectivity index (χ3n) is 4.79. The Morgan fingerprint density at radius 3 is 2.96 bits per heavy atom. The second-order valence-electron chi connectivity index (χ2n) is 6.55. The minimum atomic E-state index is -0.207. The van der Waals surface area contributed by atoms with E-state index in [1.165, 1.54) is 35.3 Å². The number of nitrogens with one attached hydrogen (secondary N) is 1. The van der Waals surface area contributed by atoms with E-state index in [2.05, 4.69) is 11.4 Å². The molecule has 6 heteroatoms. The average molecular weight is 368 g/mol. The van der Waals surface area contributed by atoms with Crippen molar-refractivity contribution in [1.82, 2.24) is 4.57 Å². The first-order valence-electron chi connectivity index (χ1n) is 8.75. The molecule has 1 heterocycles. The number of rotatable bonds is 4. The molecule has 134 valence electrons. The largest absolute Gasteiger partial charge is 0.483 e. The molecule has 5 nitrogen and oxygen atoms in total. The number of nitrogens with zero attached hydrogens (tertiary/aromatic N) is 1. The monoisotopic (exact) mass is 368 g/mol. The maximum atomic E-state index is 12.3. The standard InChI is InChI=1S/C20H20N2O3S/c1-22-16-10-9-14(11-18(16)26-20(22)24)21-19(23)12-25-17-8-4-6-13-5-2-3-7-15(13)17/h4,6,8-11H,2-3,5,7,12H2,1H3,(H,21,23). The zero-order valence-corrected chi connectivity index (χ0v) is 15.4. The molecular formula is C20H20N2O3S. The van der Waals surface area contributed by atoms with Gasteiger partial charge in [0.15, 0.2) is 6.61 Å². The zero-order valence-electron chi connectivity index (χ0n) is 14.6. The summed E-state index contributed by atoms with van der Waals surface area (Å²) in [4.78, 5) is 24.0. The maximum Gasteiger partial charge on any atom is 0.307 e. The van der Waals surface area contributed by atoms with E-state index in [-0.39, 0.29) is 17.4 Å². The zero-order chi connectivity index (χ0) is 18.1. The highest BCUT2D eigenvalue weighted by molar-refractivity contribution is 7.16. The van der Waals surface area contributed by atoms with Crippen LogP contribution in [0.25, 0.3) is 10.2 Å². The second-order valence-corrected chi connectivity index (χ2v) is 7.54. The fourth-order valence-corrected chi connectivity index (χ4v) is 4.35. The molecule has 1 aliphatic rings. The lowest BCUT2D eigenvalue weighted by molar-refractivity contribution is -0.118. The first kappa shape index (κ1) is 16.8. The number of hydrogen-bond acceptors (Lipinski definition) is 4. The summed E-state index contributed by atoms with van der Waals surface area (Å²) in [7, 11) is 1.74. The average Bonchev–Trinajstić information content (AvgIpc) is 2.93. The molecule has 0 bridgehead atoms. The van der Waals surface area contributed by atoms with Crippen molar-refractivity contribution < 1.29 is 9.53 Å². The van der Waals surface area contributed by atoms with Crippen LogP contribution in [0.1, 0.15) is 24.0 Å². The van der Waals surface area contributed by atoms with Gasteiger partial charge in [-0.15, -0.1) is 0 Å². The summed E-state index contributed by atoms with van der Waals surface area (Å²) in [6.07, 6.45) is 4.47. The van der Waals surface area contributed by atoms with Crippen LogP contribution in [0.2, 0.25) is 0 Å². The van der Waals surface area contributed by atoms with Crippen molar-refractivity contribution in [3.05, 3.63) is 57.2 Å². The summed E-state index contributed by atoms with van der Waals surface area (Å²) >= 11 is 1.17. The van der Waals surface area contributed by atoms with Crippen molar-refractivity contribution in [2.75, 3.05) is 11.9 Å². The molecule has 1 aliphatic carbocycles. The SMILES string of the molecule is Cn1c(=O)sc2cc(NC(=O)COc3cccc4c3CCCC4)ccc21. The Labute approximate surface area is 155 Å². The Kier molecular flexibility index (Phi) is 4.51. The lowest BCUT2D eigenvalue weighted by atomic mass is 9.91. The molecule has 0 spiro atoms. The third kappa shape index (κ3) is 3.24. The molecule has 0 unspecified atom stereocenters. The van der Waals surface area contributed by atoms with Crippen molar-refractivity contribution in [3.63, 3.8) is 0 Å².